The van der Waals surface area contributed by atoms with Crippen LogP contribution in [0.3, 0.4) is 0 Å². The molecule has 0 amide bonds. The molecule has 1 heterocycles. The number of aliphatic hydroxyl groups is 1. The highest BCUT2D eigenvalue weighted by atomic mass is 16.5. The highest BCUT2D eigenvalue weighted by Gasteiger charge is 2.30. The van der Waals surface area contributed by atoms with E-state index in [1.807, 2.05) is 43.3 Å². The van der Waals surface area contributed by atoms with Gasteiger partial charge in [0.15, 0.2) is 0 Å². The third kappa shape index (κ3) is 2.32. The Hall–Kier alpha value is -1.80. The molecule has 1 N–H and O–H groups in total. The van der Waals surface area contributed by atoms with Crippen LogP contribution in [-0.4, -0.2) is 10.7 Å². The molecule has 1 aliphatic rings. The lowest BCUT2D eigenvalue weighted by molar-refractivity contribution is 0.138. The number of aliphatic hydroxyl groups excluding tert-OH is 1. The second-order valence-electron chi connectivity index (χ2n) is 6.16. The van der Waals surface area contributed by atoms with Crippen molar-refractivity contribution in [3.05, 3.63) is 64.7 Å². The second-order valence-corrected chi connectivity index (χ2v) is 6.16. The van der Waals surface area contributed by atoms with Gasteiger partial charge in [-0.2, -0.15) is 0 Å². The number of ether oxygens (including phenoxy) is 1. The molecular formula is C18H20O2. The summed E-state index contributed by atoms with van der Waals surface area (Å²) in [5.41, 5.74) is 4.04. The van der Waals surface area contributed by atoms with Crippen molar-refractivity contribution in [1.29, 1.82) is 0 Å². The van der Waals surface area contributed by atoms with Crippen molar-refractivity contribution in [2.24, 2.45) is 0 Å². The first-order valence-electron chi connectivity index (χ1n) is 7.02. The van der Waals surface area contributed by atoms with Crippen LogP contribution in [0.25, 0.3) is 0 Å². The molecule has 2 heteroatoms. The van der Waals surface area contributed by atoms with E-state index in [-0.39, 0.29) is 5.60 Å². The number of benzene rings is 2. The van der Waals surface area contributed by atoms with Crippen LogP contribution in [0.4, 0.5) is 0 Å². The Balaban J connectivity index is 1.95. The summed E-state index contributed by atoms with van der Waals surface area (Å²) < 4.78 is 5.88. The van der Waals surface area contributed by atoms with Gasteiger partial charge in [-0.1, -0.05) is 30.3 Å². The third-order valence-corrected chi connectivity index (χ3v) is 3.89. The second kappa shape index (κ2) is 4.64. The Morgan fingerprint density at radius 3 is 2.65 bits per heavy atom. The Kier molecular flexibility index (Phi) is 3.06. The normalized spacial score (nSPS) is 17.4. The molecule has 3 rings (SSSR count). The van der Waals surface area contributed by atoms with Crippen LogP contribution >= 0.6 is 0 Å². The van der Waals surface area contributed by atoms with Crippen LogP contribution in [0, 0.1) is 6.92 Å². The van der Waals surface area contributed by atoms with Crippen LogP contribution in [0.2, 0.25) is 0 Å². The van der Waals surface area contributed by atoms with E-state index in [1.54, 1.807) is 0 Å². The van der Waals surface area contributed by atoms with Crippen LogP contribution < -0.4 is 4.74 Å². The van der Waals surface area contributed by atoms with E-state index in [0.717, 1.165) is 28.9 Å². The number of rotatable bonds is 2. The first-order chi connectivity index (χ1) is 9.46. The maximum atomic E-state index is 10.6. The molecule has 1 atom stereocenters. The highest BCUT2D eigenvalue weighted by Crippen LogP contribution is 2.37. The highest BCUT2D eigenvalue weighted by molar-refractivity contribution is 5.45. The molecule has 0 radical (unpaired) electrons. The van der Waals surface area contributed by atoms with Gasteiger partial charge in [-0.05, 0) is 55.2 Å². The van der Waals surface area contributed by atoms with Crippen LogP contribution in [0.1, 0.15) is 42.2 Å². The predicted octanol–water partition coefficient (Wildman–Crippen LogP) is 3.79. The number of hydrogen-bond acceptors (Lipinski definition) is 2. The molecule has 2 aromatic carbocycles. The molecule has 2 nitrogen and oxygen atoms in total. The van der Waals surface area contributed by atoms with Gasteiger partial charge in [-0.25, -0.2) is 0 Å². The molecule has 0 aromatic heterocycles. The van der Waals surface area contributed by atoms with Gasteiger partial charge in [0, 0.05) is 6.42 Å². The van der Waals surface area contributed by atoms with Gasteiger partial charge in [0.1, 0.15) is 17.5 Å². The summed E-state index contributed by atoms with van der Waals surface area (Å²) in [5.74, 6) is 0.940. The first kappa shape index (κ1) is 13.2. The minimum Gasteiger partial charge on any atom is -0.487 e. The third-order valence-electron chi connectivity index (χ3n) is 3.89. The summed E-state index contributed by atoms with van der Waals surface area (Å²) in [4.78, 5) is 0. The number of hydrogen-bond donors (Lipinski definition) is 1. The molecule has 0 aliphatic carbocycles. The Morgan fingerprint density at radius 1 is 1.15 bits per heavy atom. The van der Waals surface area contributed by atoms with Gasteiger partial charge in [-0.3, -0.25) is 0 Å². The molecule has 0 saturated heterocycles. The van der Waals surface area contributed by atoms with E-state index >= 15 is 0 Å². The monoisotopic (exact) mass is 268 g/mol. The van der Waals surface area contributed by atoms with Crippen molar-refractivity contribution in [3.63, 3.8) is 0 Å². The summed E-state index contributed by atoms with van der Waals surface area (Å²) in [6, 6.07) is 14.0. The van der Waals surface area contributed by atoms with Gasteiger partial charge >= 0.3 is 0 Å². The molecule has 20 heavy (non-hydrogen) atoms. The molecule has 0 fully saturated rings. The lowest BCUT2D eigenvalue weighted by atomic mass is 9.94. The van der Waals surface area contributed by atoms with Crippen molar-refractivity contribution < 1.29 is 9.84 Å². The minimum atomic E-state index is -0.579. The van der Waals surface area contributed by atoms with Crippen LogP contribution in [0.15, 0.2) is 42.5 Å². The smallest absolute Gasteiger partial charge is 0.123 e. The van der Waals surface area contributed by atoms with Gasteiger partial charge in [0.2, 0.25) is 0 Å². The largest absolute Gasteiger partial charge is 0.487 e. The topological polar surface area (TPSA) is 29.5 Å². The summed E-state index contributed by atoms with van der Waals surface area (Å²) in [7, 11) is 0. The van der Waals surface area contributed by atoms with Crippen molar-refractivity contribution in [1.82, 2.24) is 0 Å². The molecule has 0 saturated carbocycles. The molecule has 0 bridgehead atoms. The van der Waals surface area contributed by atoms with E-state index in [0.29, 0.717) is 0 Å². The molecule has 1 aliphatic heterocycles. The van der Waals surface area contributed by atoms with Gasteiger partial charge in [0.25, 0.3) is 0 Å². The van der Waals surface area contributed by atoms with Gasteiger partial charge < -0.3 is 9.84 Å². The zero-order valence-corrected chi connectivity index (χ0v) is 12.2. The maximum Gasteiger partial charge on any atom is 0.123 e. The first-order valence-corrected chi connectivity index (χ1v) is 7.02. The number of fused-ring (bicyclic) bond motifs is 1. The quantitative estimate of drug-likeness (QED) is 0.898. The maximum absolute atomic E-state index is 10.6. The summed E-state index contributed by atoms with van der Waals surface area (Å²) >= 11 is 0. The van der Waals surface area contributed by atoms with Crippen molar-refractivity contribution in [2.45, 2.75) is 38.9 Å². The zero-order chi connectivity index (χ0) is 14.3. The fourth-order valence-electron chi connectivity index (χ4n) is 2.87. The van der Waals surface area contributed by atoms with Crippen LogP contribution in [0.5, 0.6) is 5.75 Å². The average Bonchev–Trinajstić information content (AvgIpc) is 2.71. The molecule has 1 unspecified atom stereocenters. The lowest BCUT2D eigenvalue weighted by Crippen LogP contribution is -2.24. The van der Waals surface area contributed by atoms with E-state index in [4.69, 9.17) is 4.74 Å². The van der Waals surface area contributed by atoms with Gasteiger partial charge in [-0.15, -0.1) is 0 Å². The van der Waals surface area contributed by atoms with Gasteiger partial charge in [0.05, 0.1) is 0 Å². The minimum absolute atomic E-state index is 0.144. The van der Waals surface area contributed by atoms with Crippen molar-refractivity contribution in [3.8, 4) is 5.75 Å². The average molecular weight is 268 g/mol. The van der Waals surface area contributed by atoms with E-state index in [9.17, 15) is 5.11 Å². The zero-order valence-electron chi connectivity index (χ0n) is 12.2. The Bertz CT molecular complexity index is 644. The van der Waals surface area contributed by atoms with Crippen molar-refractivity contribution in [2.75, 3.05) is 0 Å². The molecular weight excluding hydrogens is 248 g/mol. The van der Waals surface area contributed by atoms with E-state index in [1.165, 1.54) is 5.56 Å². The van der Waals surface area contributed by atoms with Crippen molar-refractivity contribution >= 4 is 0 Å². The SMILES string of the molecule is Cc1ccccc1C(O)c1ccc2c(c1)CC(C)(C)O2. The lowest BCUT2D eigenvalue weighted by Gasteiger charge is -2.16. The Labute approximate surface area is 120 Å². The predicted molar refractivity (Wildman–Crippen MR) is 80.1 cm³/mol. The summed E-state index contributed by atoms with van der Waals surface area (Å²) in [5, 5.41) is 10.6. The fraction of sp³-hybridized carbons (Fsp3) is 0.333. The van der Waals surface area contributed by atoms with E-state index in [2.05, 4.69) is 19.9 Å². The summed E-state index contributed by atoms with van der Waals surface area (Å²) in [6.07, 6.45) is 0.307. The Morgan fingerprint density at radius 2 is 1.90 bits per heavy atom. The molecule has 2 aromatic rings. The van der Waals surface area contributed by atoms with Crippen LogP contribution in [-0.2, 0) is 6.42 Å². The standard InChI is InChI=1S/C18H20O2/c1-12-6-4-5-7-15(12)17(19)13-8-9-16-14(10-13)11-18(2,3)20-16/h4-10,17,19H,11H2,1-3H3. The summed E-state index contributed by atoms with van der Waals surface area (Å²) in [6.45, 7) is 6.20. The number of aryl methyl sites for hydroxylation is 1. The van der Waals surface area contributed by atoms with E-state index < -0.39 is 6.10 Å². The molecule has 104 valence electrons. The molecule has 0 spiro atoms. The fourth-order valence-corrected chi connectivity index (χ4v) is 2.87.